The molecule has 2 aliphatic heterocycles. The summed E-state index contributed by atoms with van der Waals surface area (Å²) in [7, 11) is 3.15. The van der Waals surface area contributed by atoms with E-state index in [1.807, 2.05) is 78.9 Å². The summed E-state index contributed by atoms with van der Waals surface area (Å²) in [6, 6.07) is 25.5. The molecule has 1 aromatic heterocycles. The van der Waals surface area contributed by atoms with Crippen molar-refractivity contribution < 1.29 is 33.6 Å². The molecular weight excluding hydrogens is 568 g/mol. The highest BCUT2D eigenvalue weighted by molar-refractivity contribution is 5.66. The number of aliphatic hydroxyl groups excluding tert-OH is 1. The number of carbonyl (C=O) groups excluding carboxylic acids is 1. The Kier molecular flexibility index (Phi) is 7.62. The van der Waals surface area contributed by atoms with E-state index in [-0.39, 0.29) is 6.61 Å². The van der Waals surface area contributed by atoms with Crippen LogP contribution < -0.4 is 20.7 Å². The zero-order chi connectivity index (χ0) is 31.1. The van der Waals surface area contributed by atoms with Crippen LogP contribution in [-0.4, -0.2) is 65.4 Å². The molecule has 0 amide bonds. The molecule has 0 saturated carbocycles. The lowest BCUT2D eigenvalue weighted by Crippen LogP contribution is -2.70. The van der Waals surface area contributed by atoms with E-state index in [9.17, 15) is 19.5 Å². The lowest BCUT2D eigenvalue weighted by atomic mass is 9.60. The first-order chi connectivity index (χ1) is 21.2. The molecule has 2 fully saturated rings. The van der Waals surface area contributed by atoms with Gasteiger partial charge in [-0.15, -0.1) is 0 Å². The average molecular weight is 601 g/mol. The number of nitrogens with zero attached hydrogens (tertiary/aromatic N) is 1. The summed E-state index contributed by atoms with van der Waals surface area (Å²) in [4.78, 5) is 39.3. The number of carbonyl (C=O) groups is 1. The molecule has 0 radical (unpaired) electrons. The number of aromatic nitrogens is 2. The minimum atomic E-state index is -1.46. The summed E-state index contributed by atoms with van der Waals surface area (Å²) in [5.41, 5.74) is -1.89. The standard InChI is InChI=1S/C33H32N2O9/c1-20(36)43-27-28-32(19-42-28,44-29(27)35-18-17-26(37)34-31(35)39)30(38)33(21-7-5-4-6-8-21,22-9-13-24(40-2)14-10-22)23-11-15-25(41-3)16-12-23/h4-18,27-30,38H,19H2,1-3H3,(H,34,37,39)/t27-,28+,29-,30?,32+/m1/s1. The number of fused-ring (bicyclic) bond motifs is 1. The molecule has 3 aromatic carbocycles. The highest BCUT2D eigenvalue weighted by Crippen LogP contribution is 2.55. The molecule has 11 heteroatoms. The molecule has 6 rings (SSSR count). The van der Waals surface area contributed by atoms with Gasteiger partial charge in [0.15, 0.2) is 17.9 Å². The molecular formula is C33H32N2O9. The molecule has 4 aromatic rings. The van der Waals surface area contributed by atoms with E-state index in [2.05, 4.69) is 4.98 Å². The largest absolute Gasteiger partial charge is 0.497 e. The summed E-state index contributed by atoms with van der Waals surface area (Å²) in [6.07, 6.45) is -3.36. The molecule has 228 valence electrons. The molecule has 5 atom stereocenters. The van der Waals surface area contributed by atoms with Gasteiger partial charge >= 0.3 is 11.7 Å². The minimum absolute atomic E-state index is 0.0634. The monoisotopic (exact) mass is 600 g/mol. The number of hydrogen-bond donors (Lipinski definition) is 2. The summed E-state index contributed by atoms with van der Waals surface area (Å²) in [6.45, 7) is 1.18. The van der Waals surface area contributed by atoms with Gasteiger partial charge < -0.3 is 28.8 Å². The summed E-state index contributed by atoms with van der Waals surface area (Å²) in [5, 5.41) is 12.9. The Labute approximate surface area is 252 Å². The fourth-order valence-electron chi connectivity index (χ4n) is 6.46. The SMILES string of the molecule is COc1ccc(C(c2ccccc2)(c2ccc(OC)cc2)C(O)[C@]23CO[C@H]2[C@@H](OC(C)=O)[C@H](n2ccc(=O)[nH]c2=O)O3)cc1. The number of ether oxygens (including phenoxy) is 5. The van der Waals surface area contributed by atoms with Crippen LogP contribution in [0.3, 0.4) is 0 Å². The van der Waals surface area contributed by atoms with Gasteiger partial charge in [-0.05, 0) is 41.0 Å². The van der Waals surface area contributed by atoms with Gasteiger partial charge in [0.25, 0.3) is 5.56 Å². The third-order valence-electron chi connectivity index (χ3n) is 8.51. The van der Waals surface area contributed by atoms with Crippen molar-refractivity contribution in [3.05, 3.63) is 129 Å². The van der Waals surface area contributed by atoms with Crippen LogP contribution in [0.15, 0.2) is 101 Å². The Balaban J connectivity index is 1.59. The van der Waals surface area contributed by atoms with Gasteiger partial charge in [0.1, 0.15) is 23.7 Å². The second kappa shape index (κ2) is 11.4. The van der Waals surface area contributed by atoms with Gasteiger partial charge in [0.2, 0.25) is 0 Å². The van der Waals surface area contributed by atoms with Crippen molar-refractivity contribution >= 4 is 5.97 Å². The van der Waals surface area contributed by atoms with Crippen LogP contribution in [0.4, 0.5) is 0 Å². The molecule has 1 unspecified atom stereocenters. The zero-order valence-corrected chi connectivity index (χ0v) is 24.3. The molecule has 0 aliphatic carbocycles. The topological polar surface area (TPSA) is 138 Å². The van der Waals surface area contributed by atoms with E-state index >= 15 is 0 Å². The van der Waals surface area contributed by atoms with Crippen LogP contribution in [0.5, 0.6) is 11.5 Å². The van der Waals surface area contributed by atoms with Gasteiger partial charge in [0.05, 0.1) is 26.2 Å². The van der Waals surface area contributed by atoms with Gasteiger partial charge in [-0.2, -0.15) is 0 Å². The van der Waals surface area contributed by atoms with E-state index in [1.54, 1.807) is 14.2 Å². The van der Waals surface area contributed by atoms with Crippen molar-refractivity contribution in [1.29, 1.82) is 0 Å². The van der Waals surface area contributed by atoms with Gasteiger partial charge in [0, 0.05) is 19.2 Å². The molecule has 11 nitrogen and oxygen atoms in total. The Bertz CT molecular complexity index is 1700. The van der Waals surface area contributed by atoms with Crippen LogP contribution in [-0.2, 0) is 24.4 Å². The summed E-state index contributed by atoms with van der Waals surface area (Å²) in [5.74, 6) is 0.640. The molecule has 2 N–H and O–H groups in total. The molecule has 0 spiro atoms. The Morgan fingerprint density at radius 2 is 1.50 bits per heavy atom. The van der Waals surface area contributed by atoms with Crippen LogP contribution in [0.25, 0.3) is 0 Å². The van der Waals surface area contributed by atoms with Crippen molar-refractivity contribution in [2.75, 3.05) is 20.8 Å². The molecule has 0 bridgehead atoms. The van der Waals surface area contributed by atoms with Crippen LogP contribution in [0, 0.1) is 0 Å². The Morgan fingerprint density at radius 3 is 1.98 bits per heavy atom. The fraction of sp³-hybridized carbons (Fsp3) is 0.303. The highest BCUT2D eigenvalue weighted by atomic mass is 16.7. The van der Waals surface area contributed by atoms with Crippen molar-refractivity contribution in [3.63, 3.8) is 0 Å². The quantitative estimate of drug-likeness (QED) is 0.219. The molecule has 2 saturated heterocycles. The maximum absolute atomic E-state index is 12.9. The van der Waals surface area contributed by atoms with Gasteiger partial charge in [-0.3, -0.25) is 19.1 Å². The van der Waals surface area contributed by atoms with Crippen molar-refractivity contribution in [2.24, 2.45) is 0 Å². The normalized spacial score (nSPS) is 23.2. The van der Waals surface area contributed by atoms with E-state index in [0.717, 1.165) is 21.3 Å². The van der Waals surface area contributed by atoms with Gasteiger partial charge in [-0.25, -0.2) is 4.79 Å². The number of rotatable bonds is 9. The predicted octanol–water partition coefficient (Wildman–Crippen LogP) is 2.55. The maximum atomic E-state index is 12.9. The third-order valence-corrected chi connectivity index (χ3v) is 8.51. The average Bonchev–Trinajstić information content (AvgIpc) is 3.23. The second-order valence-corrected chi connectivity index (χ2v) is 10.8. The maximum Gasteiger partial charge on any atom is 0.330 e. The molecule has 44 heavy (non-hydrogen) atoms. The number of hydrogen-bond acceptors (Lipinski definition) is 9. The van der Waals surface area contributed by atoms with E-state index in [4.69, 9.17) is 23.7 Å². The number of H-pyrrole nitrogens is 1. The first-order valence-corrected chi connectivity index (χ1v) is 14.1. The number of esters is 1. The number of benzene rings is 3. The first-order valence-electron chi connectivity index (χ1n) is 14.1. The van der Waals surface area contributed by atoms with Crippen molar-refractivity contribution in [2.45, 2.75) is 42.5 Å². The van der Waals surface area contributed by atoms with E-state index in [0.29, 0.717) is 11.5 Å². The van der Waals surface area contributed by atoms with Crippen molar-refractivity contribution in [1.82, 2.24) is 9.55 Å². The van der Waals surface area contributed by atoms with E-state index < -0.39 is 52.8 Å². The van der Waals surface area contributed by atoms with Crippen molar-refractivity contribution in [3.8, 4) is 11.5 Å². The molecule has 3 heterocycles. The minimum Gasteiger partial charge on any atom is -0.497 e. The number of methoxy groups -OCH3 is 2. The van der Waals surface area contributed by atoms with Gasteiger partial charge in [-0.1, -0.05) is 54.6 Å². The van der Waals surface area contributed by atoms with E-state index in [1.165, 1.54) is 19.2 Å². The van der Waals surface area contributed by atoms with Crippen LogP contribution in [0.1, 0.15) is 29.8 Å². The smallest absolute Gasteiger partial charge is 0.330 e. The highest BCUT2D eigenvalue weighted by Gasteiger charge is 2.71. The Morgan fingerprint density at radius 1 is 0.932 bits per heavy atom. The number of aromatic amines is 1. The lowest BCUT2D eigenvalue weighted by Gasteiger charge is -2.53. The number of nitrogens with one attached hydrogen (secondary N) is 1. The first kappa shape index (κ1) is 29.4. The van der Waals surface area contributed by atoms with Crippen LogP contribution in [0.2, 0.25) is 0 Å². The summed E-state index contributed by atoms with van der Waals surface area (Å²) < 4.78 is 30.3. The molecule has 2 aliphatic rings. The zero-order valence-electron chi connectivity index (χ0n) is 24.3. The lowest BCUT2D eigenvalue weighted by molar-refractivity contribution is -0.279. The predicted molar refractivity (Wildman–Crippen MR) is 158 cm³/mol. The third kappa shape index (κ3) is 4.60. The fourth-order valence-corrected chi connectivity index (χ4v) is 6.46. The summed E-state index contributed by atoms with van der Waals surface area (Å²) >= 11 is 0. The second-order valence-electron chi connectivity index (χ2n) is 10.8. The Hall–Kier alpha value is -4.71. The van der Waals surface area contributed by atoms with Crippen LogP contribution >= 0.6 is 0 Å². The number of aliphatic hydroxyl groups is 1.